The number of carbonyl (C=O) groups excluding carboxylic acids is 1. The van der Waals surface area contributed by atoms with Crippen molar-refractivity contribution in [2.24, 2.45) is 0 Å². The summed E-state index contributed by atoms with van der Waals surface area (Å²) < 4.78 is 1.82. The fraction of sp³-hybridized carbons (Fsp3) is 0.240. The van der Waals surface area contributed by atoms with Crippen molar-refractivity contribution in [3.8, 4) is 0 Å². The average Bonchev–Trinajstić information content (AvgIpc) is 3.16. The van der Waals surface area contributed by atoms with E-state index >= 15 is 0 Å². The molecule has 0 aliphatic rings. The number of Topliss-reactive ketones (excluding diaryl/α,β-unsaturated/α-hetero) is 1. The number of para-hydroxylation sites is 1. The molecule has 1 heterocycles. The molecule has 4 nitrogen and oxygen atoms in total. The van der Waals surface area contributed by atoms with Gasteiger partial charge in [0.2, 0.25) is 0 Å². The first-order valence-electron chi connectivity index (χ1n) is 10.4. The molecule has 31 heavy (non-hydrogen) atoms. The maximum Gasteiger partial charge on any atom is 0.195 e. The van der Waals surface area contributed by atoms with E-state index in [1.807, 2.05) is 84.4 Å². The highest BCUT2D eigenvalue weighted by molar-refractivity contribution is 6.76. The van der Waals surface area contributed by atoms with Crippen LogP contribution in [0.15, 0.2) is 72.8 Å². The molecule has 0 saturated carbocycles. The number of halogens is 1. The van der Waals surface area contributed by atoms with Gasteiger partial charge in [-0.25, -0.2) is 4.68 Å². The van der Waals surface area contributed by atoms with Gasteiger partial charge in [0, 0.05) is 24.2 Å². The lowest BCUT2D eigenvalue weighted by Gasteiger charge is -2.38. The van der Waals surface area contributed by atoms with Crippen LogP contribution in [-0.4, -0.2) is 28.9 Å². The minimum absolute atomic E-state index is 0.00298. The van der Waals surface area contributed by atoms with Crippen LogP contribution in [-0.2, 0) is 5.54 Å². The van der Waals surface area contributed by atoms with Crippen molar-refractivity contribution in [3.05, 3.63) is 94.5 Å². The van der Waals surface area contributed by atoms with Crippen LogP contribution in [0.4, 0.5) is 0 Å². The van der Waals surface area contributed by atoms with Gasteiger partial charge in [-0.1, -0.05) is 91.1 Å². The zero-order valence-corrected chi connectivity index (χ0v) is 20.0. The molecule has 0 saturated heterocycles. The van der Waals surface area contributed by atoms with Crippen LogP contribution in [0.2, 0.25) is 30.7 Å². The van der Waals surface area contributed by atoms with Crippen LogP contribution < -0.4 is 0 Å². The van der Waals surface area contributed by atoms with Gasteiger partial charge >= 0.3 is 0 Å². The van der Waals surface area contributed by atoms with Gasteiger partial charge in [-0.15, -0.1) is 5.10 Å². The van der Waals surface area contributed by atoms with Crippen LogP contribution in [0.5, 0.6) is 0 Å². The highest BCUT2D eigenvalue weighted by Gasteiger charge is 2.48. The highest BCUT2D eigenvalue weighted by atomic mass is 35.5. The SMILES string of the molecule is Cc1ccccc1C(=O)C(C[Si](C)(C)C)(c1ccccc1Cl)n1nnc2ccccc21. The molecular formula is C25H26ClN3OSi. The molecule has 4 aromatic rings. The van der Waals surface area contributed by atoms with Gasteiger partial charge in [0.25, 0.3) is 0 Å². The van der Waals surface area contributed by atoms with Crippen LogP contribution in [0.25, 0.3) is 11.0 Å². The van der Waals surface area contributed by atoms with E-state index in [1.54, 1.807) is 0 Å². The van der Waals surface area contributed by atoms with Gasteiger partial charge in [0.05, 0.1) is 5.52 Å². The Morgan fingerprint density at radius 1 is 0.968 bits per heavy atom. The second-order valence-electron chi connectivity index (χ2n) is 9.21. The number of aryl methyl sites for hydroxylation is 1. The van der Waals surface area contributed by atoms with Crippen molar-refractivity contribution in [2.75, 3.05) is 0 Å². The Balaban J connectivity index is 2.13. The third-order valence-electron chi connectivity index (χ3n) is 5.58. The van der Waals surface area contributed by atoms with E-state index < -0.39 is 13.6 Å². The molecule has 6 heteroatoms. The van der Waals surface area contributed by atoms with Crippen molar-refractivity contribution < 1.29 is 4.79 Å². The summed E-state index contributed by atoms with van der Waals surface area (Å²) in [7, 11) is -1.82. The Bertz CT molecular complexity index is 1260. The van der Waals surface area contributed by atoms with E-state index in [9.17, 15) is 4.79 Å². The number of ketones is 1. The molecule has 4 rings (SSSR count). The fourth-order valence-electron chi connectivity index (χ4n) is 4.35. The first kappa shape index (κ1) is 21.5. The van der Waals surface area contributed by atoms with Gasteiger partial charge in [-0.2, -0.15) is 0 Å². The highest BCUT2D eigenvalue weighted by Crippen LogP contribution is 2.42. The molecule has 0 N–H and O–H groups in total. The first-order chi connectivity index (χ1) is 14.7. The third kappa shape index (κ3) is 3.84. The smallest absolute Gasteiger partial charge is 0.195 e. The summed E-state index contributed by atoms with van der Waals surface area (Å²) in [6.07, 6.45) is 0. The van der Waals surface area contributed by atoms with E-state index in [-0.39, 0.29) is 5.78 Å². The topological polar surface area (TPSA) is 47.8 Å². The fourth-order valence-corrected chi connectivity index (χ4v) is 6.68. The predicted octanol–water partition coefficient (Wildman–Crippen LogP) is 6.36. The number of nitrogens with zero attached hydrogens (tertiary/aromatic N) is 3. The largest absolute Gasteiger partial charge is 0.291 e. The van der Waals surface area contributed by atoms with E-state index in [2.05, 4.69) is 30.0 Å². The van der Waals surface area contributed by atoms with Crippen LogP contribution in [0.3, 0.4) is 0 Å². The Labute approximate surface area is 188 Å². The monoisotopic (exact) mass is 447 g/mol. The van der Waals surface area contributed by atoms with Crippen molar-refractivity contribution in [1.82, 2.24) is 15.0 Å². The second kappa shape index (κ2) is 8.06. The number of aromatic nitrogens is 3. The number of hydrogen-bond donors (Lipinski definition) is 0. The summed E-state index contributed by atoms with van der Waals surface area (Å²) in [5.74, 6) is -0.00298. The maximum atomic E-state index is 14.5. The molecule has 1 aromatic heterocycles. The van der Waals surface area contributed by atoms with Crippen molar-refractivity contribution >= 4 is 36.5 Å². The van der Waals surface area contributed by atoms with Crippen molar-refractivity contribution in [2.45, 2.75) is 38.1 Å². The summed E-state index contributed by atoms with van der Waals surface area (Å²) in [5, 5.41) is 9.51. The molecule has 0 amide bonds. The first-order valence-corrected chi connectivity index (χ1v) is 14.5. The van der Waals surface area contributed by atoms with Crippen LogP contribution in [0, 0.1) is 6.92 Å². The van der Waals surface area contributed by atoms with Crippen LogP contribution in [0.1, 0.15) is 21.5 Å². The number of carbonyl (C=O) groups is 1. The molecule has 1 atom stereocenters. The number of fused-ring (bicyclic) bond motifs is 1. The second-order valence-corrected chi connectivity index (χ2v) is 15.1. The minimum Gasteiger partial charge on any atom is -0.291 e. The number of hydrogen-bond acceptors (Lipinski definition) is 3. The van der Waals surface area contributed by atoms with Crippen molar-refractivity contribution in [1.29, 1.82) is 0 Å². The minimum atomic E-state index is -1.82. The maximum absolute atomic E-state index is 14.5. The average molecular weight is 448 g/mol. The molecule has 0 radical (unpaired) electrons. The lowest BCUT2D eigenvalue weighted by Crippen LogP contribution is -2.49. The Morgan fingerprint density at radius 2 is 1.61 bits per heavy atom. The van der Waals surface area contributed by atoms with E-state index in [0.29, 0.717) is 16.6 Å². The molecule has 0 aliphatic carbocycles. The molecular weight excluding hydrogens is 422 g/mol. The van der Waals surface area contributed by atoms with Gasteiger partial charge < -0.3 is 0 Å². The zero-order chi connectivity index (χ0) is 22.2. The Kier molecular flexibility index (Phi) is 5.58. The van der Waals surface area contributed by atoms with Gasteiger partial charge in [0.1, 0.15) is 5.52 Å². The van der Waals surface area contributed by atoms with E-state index in [0.717, 1.165) is 22.2 Å². The summed E-state index contributed by atoms with van der Waals surface area (Å²) in [6, 6.07) is 23.8. The third-order valence-corrected chi connectivity index (χ3v) is 7.49. The molecule has 0 fully saturated rings. The van der Waals surface area contributed by atoms with Gasteiger partial charge in [-0.3, -0.25) is 4.79 Å². The molecule has 158 valence electrons. The normalized spacial score (nSPS) is 13.8. The summed E-state index contributed by atoms with van der Waals surface area (Å²) in [6.45, 7) is 8.77. The molecule has 0 aliphatic heterocycles. The zero-order valence-electron chi connectivity index (χ0n) is 18.3. The quantitative estimate of drug-likeness (QED) is 0.255. The molecule has 0 bridgehead atoms. The lowest BCUT2D eigenvalue weighted by atomic mass is 9.82. The van der Waals surface area contributed by atoms with E-state index in [4.69, 9.17) is 11.6 Å². The summed E-state index contributed by atoms with van der Waals surface area (Å²) in [5.41, 5.74) is 2.87. The lowest BCUT2D eigenvalue weighted by molar-refractivity contribution is 0.0858. The van der Waals surface area contributed by atoms with E-state index in [1.165, 1.54) is 0 Å². The Morgan fingerprint density at radius 3 is 2.32 bits per heavy atom. The number of rotatable bonds is 6. The van der Waals surface area contributed by atoms with Crippen molar-refractivity contribution in [3.63, 3.8) is 0 Å². The van der Waals surface area contributed by atoms with Crippen LogP contribution >= 0.6 is 11.6 Å². The predicted molar refractivity (Wildman–Crippen MR) is 130 cm³/mol. The molecule has 1 unspecified atom stereocenters. The van der Waals surface area contributed by atoms with Gasteiger partial charge in [0.15, 0.2) is 11.3 Å². The molecule has 3 aromatic carbocycles. The standard InChI is InChI=1S/C25H26ClN3OSi/c1-18-11-5-6-12-19(18)24(30)25(17-31(2,3)4,20-13-7-8-14-21(20)26)29-23-16-10-9-15-22(23)27-28-29/h5-16H,17H2,1-4H3. The molecule has 0 spiro atoms. The Hall–Kier alpha value is -2.76. The summed E-state index contributed by atoms with van der Waals surface area (Å²) >= 11 is 6.78. The number of benzene rings is 3. The van der Waals surface area contributed by atoms with Gasteiger partial charge in [-0.05, 0) is 36.7 Å². The summed E-state index contributed by atoms with van der Waals surface area (Å²) in [4.78, 5) is 14.5.